The lowest BCUT2D eigenvalue weighted by Gasteiger charge is -2.21. The van der Waals surface area contributed by atoms with Gasteiger partial charge in [-0.1, -0.05) is 0 Å². The Hall–Kier alpha value is 0.500. The van der Waals surface area contributed by atoms with Gasteiger partial charge in [0.05, 0.1) is 0 Å². The summed E-state index contributed by atoms with van der Waals surface area (Å²) in [6, 6.07) is 0.877. The number of hydrogen-bond donors (Lipinski definition) is 1. The summed E-state index contributed by atoms with van der Waals surface area (Å²) in [7, 11) is 0. The Labute approximate surface area is 86.9 Å². The molecule has 2 nitrogen and oxygen atoms in total. The average molecular weight is 213 g/mol. The predicted octanol–water partition coefficient (Wildman–Crippen LogP) is 1.29. The molecule has 0 bridgehead atoms. The van der Waals surface area contributed by atoms with Crippen LogP contribution >= 0.6 is 24.8 Å². The molecule has 2 aliphatic rings. The number of rotatable bonds is 1. The molecule has 0 unspecified atom stereocenters. The van der Waals surface area contributed by atoms with E-state index in [2.05, 4.69) is 10.2 Å². The summed E-state index contributed by atoms with van der Waals surface area (Å²) in [5.74, 6) is 0. The highest BCUT2D eigenvalue weighted by atomic mass is 35.5. The van der Waals surface area contributed by atoms with Crippen LogP contribution in [0, 0.1) is 0 Å². The lowest BCUT2D eigenvalue weighted by molar-refractivity contribution is 0.258. The molecule has 0 radical (unpaired) electrons. The predicted molar refractivity (Wildman–Crippen MR) is 56.6 cm³/mol. The third kappa shape index (κ3) is 2.77. The largest absolute Gasteiger partial charge is 0.315 e. The van der Waals surface area contributed by atoms with Crippen LogP contribution in [0.3, 0.4) is 0 Å². The molecule has 12 heavy (non-hydrogen) atoms. The fraction of sp³-hybridized carbons (Fsp3) is 1.00. The van der Waals surface area contributed by atoms with Gasteiger partial charge in [-0.15, -0.1) is 24.8 Å². The first-order chi connectivity index (χ1) is 4.97. The van der Waals surface area contributed by atoms with Crippen LogP contribution in [-0.2, 0) is 0 Å². The van der Waals surface area contributed by atoms with Crippen LogP contribution in [-0.4, -0.2) is 37.1 Å². The Bertz CT molecular complexity index is 95.6. The van der Waals surface area contributed by atoms with Crippen molar-refractivity contribution >= 4 is 24.8 Å². The van der Waals surface area contributed by atoms with Crippen molar-refractivity contribution in [1.29, 1.82) is 0 Å². The summed E-state index contributed by atoms with van der Waals surface area (Å²) in [5.41, 5.74) is 0. The lowest BCUT2D eigenvalue weighted by Crippen LogP contribution is -2.34. The first-order valence-corrected chi connectivity index (χ1v) is 4.41. The van der Waals surface area contributed by atoms with Gasteiger partial charge in [0.1, 0.15) is 0 Å². The van der Waals surface area contributed by atoms with Gasteiger partial charge in [0.25, 0.3) is 0 Å². The van der Waals surface area contributed by atoms with Crippen molar-refractivity contribution in [3.63, 3.8) is 0 Å². The Morgan fingerprint density at radius 3 is 2.25 bits per heavy atom. The van der Waals surface area contributed by atoms with Crippen molar-refractivity contribution in [2.75, 3.05) is 26.2 Å². The van der Waals surface area contributed by atoms with E-state index in [9.17, 15) is 0 Å². The van der Waals surface area contributed by atoms with Gasteiger partial charge in [-0.3, -0.25) is 4.90 Å². The number of nitrogens with zero attached hydrogens (tertiary/aromatic N) is 1. The van der Waals surface area contributed by atoms with Crippen LogP contribution in [0.5, 0.6) is 0 Å². The van der Waals surface area contributed by atoms with E-state index in [1.807, 2.05) is 0 Å². The molecule has 0 aliphatic carbocycles. The van der Waals surface area contributed by atoms with Gasteiger partial charge in [-0.25, -0.2) is 0 Å². The Morgan fingerprint density at radius 1 is 1.08 bits per heavy atom. The van der Waals surface area contributed by atoms with Crippen LogP contribution in [0.15, 0.2) is 0 Å². The third-order valence-electron chi connectivity index (χ3n) is 2.69. The second kappa shape index (κ2) is 6.03. The average Bonchev–Trinajstić information content (AvgIpc) is 2.59. The molecule has 0 aromatic carbocycles. The van der Waals surface area contributed by atoms with E-state index in [1.54, 1.807) is 0 Å². The van der Waals surface area contributed by atoms with E-state index in [4.69, 9.17) is 0 Å². The summed E-state index contributed by atoms with van der Waals surface area (Å²) in [6.45, 7) is 5.18. The van der Waals surface area contributed by atoms with Crippen molar-refractivity contribution in [3.8, 4) is 0 Å². The molecule has 74 valence electrons. The molecule has 0 aromatic heterocycles. The number of hydrogen-bond acceptors (Lipinski definition) is 2. The quantitative estimate of drug-likeness (QED) is 0.706. The molecule has 0 saturated carbocycles. The van der Waals surface area contributed by atoms with Gasteiger partial charge in [0.2, 0.25) is 0 Å². The van der Waals surface area contributed by atoms with E-state index in [0.717, 1.165) is 6.04 Å². The van der Waals surface area contributed by atoms with E-state index >= 15 is 0 Å². The smallest absolute Gasteiger partial charge is 0.0232 e. The minimum absolute atomic E-state index is 0. The van der Waals surface area contributed by atoms with Crippen LogP contribution in [0.25, 0.3) is 0 Å². The van der Waals surface area contributed by atoms with Crippen molar-refractivity contribution in [2.24, 2.45) is 0 Å². The minimum atomic E-state index is 0. The third-order valence-corrected chi connectivity index (χ3v) is 2.69. The summed E-state index contributed by atoms with van der Waals surface area (Å²) in [6.07, 6.45) is 4.23. The topological polar surface area (TPSA) is 15.3 Å². The molecule has 2 heterocycles. The summed E-state index contributed by atoms with van der Waals surface area (Å²) in [4.78, 5) is 2.64. The zero-order valence-electron chi connectivity index (χ0n) is 7.29. The number of halogens is 2. The lowest BCUT2D eigenvalue weighted by atomic mass is 10.2. The monoisotopic (exact) mass is 212 g/mol. The Morgan fingerprint density at radius 2 is 1.75 bits per heavy atom. The summed E-state index contributed by atoms with van der Waals surface area (Å²) < 4.78 is 0. The zero-order valence-corrected chi connectivity index (χ0v) is 8.92. The van der Waals surface area contributed by atoms with E-state index < -0.39 is 0 Å². The highest BCUT2D eigenvalue weighted by Gasteiger charge is 2.23. The molecule has 2 rings (SSSR count). The standard InChI is InChI=1S/C8H16N2.2ClH/c1-2-6-10(5-1)8-3-4-9-7-8;;/h8-9H,1-7H2;2*1H/t8-;;/m0../s1. The SMILES string of the molecule is C1CCN([C@H]2CCNC2)C1.Cl.Cl. The molecular weight excluding hydrogens is 195 g/mol. The molecule has 0 spiro atoms. The molecule has 1 N–H and O–H groups in total. The highest BCUT2D eigenvalue weighted by Crippen LogP contribution is 2.15. The van der Waals surface area contributed by atoms with Gasteiger partial charge < -0.3 is 5.32 Å². The Balaban J connectivity index is 0.000000605. The molecule has 2 saturated heterocycles. The molecule has 0 amide bonds. The first kappa shape index (κ1) is 12.5. The molecule has 0 aromatic rings. The number of nitrogens with one attached hydrogen (secondary N) is 1. The zero-order chi connectivity index (χ0) is 6.81. The first-order valence-electron chi connectivity index (χ1n) is 4.41. The van der Waals surface area contributed by atoms with Gasteiger partial charge in [-0.05, 0) is 38.9 Å². The van der Waals surface area contributed by atoms with Crippen molar-refractivity contribution in [2.45, 2.75) is 25.3 Å². The highest BCUT2D eigenvalue weighted by molar-refractivity contribution is 5.85. The molecular formula is C8H18Cl2N2. The fourth-order valence-corrected chi connectivity index (χ4v) is 2.06. The van der Waals surface area contributed by atoms with Crippen LogP contribution in [0.1, 0.15) is 19.3 Å². The Kier molecular flexibility index (Phi) is 6.28. The van der Waals surface area contributed by atoms with Gasteiger partial charge in [-0.2, -0.15) is 0 Å². The van der Waals surface area contributed by atoms with Gasteiger partial charge >= 0.3 is 0 Å². The van der Waals surface area contributed by atoms with Crippen LogP contribution < -0.4 is 5.32 Å². The molecule has 4 heteroatoms. The maximum Gasteiger partial charge on any atom is 0.0232 e. The summed E-state index contributed by atoms with van der Waals surface area (Å²) in [5, 5.41) is 3.41. The minimum Gasteiger partial charge on any atom is -0.315 e. The number of likely N-dealkylation sites (tertiary alicyclic amines) is 1. The second-order valence-corrected chi connectivity index (χ2v) is 3.39. The van der Waals surface area contributed by atoms with Gasteiger partial charge in [0, 0.05) is 12.6 Å². The van der Waals surface area contributed by atoms with Gasteiger partial charge in [0.15, 0.2) is 0 Å². The normalized spacial score (nSPS) is 29.5. The van der Waals surface area contributed by atoms with E-state index in [1.165, 1.54) is 45.4 Å². The maximum atomic E-state index is 3.41. The summed E-state index contributed by atoms with van der Waals surface area (Å²) >= 11 is 0. The van der Waals surface area contributed by atoms with Crippen LogP contribution in [0.4, 0.5) is 0 Å². The van der Waals surface area contributed by atoms with Crippen LogP contribution in [0.2, 0.25) is 0 Å². The molecule has 1 atom stereocenters. The molecule has 2 aliphatic heterocycles. The van der Waals surface area contributed by atoms with Crippen molar-refractivity contribution < 1.29 is 0 Å². The molecule has 2 fully saturated rings. The van der Waals surface area contributed by atoms with Crippen molar-refractivity contribution in [1.82, 2.24) is 10.2 Å². The van der Waals surface area contributed by atoms with Crippen molar-refractivity contribution in [3.05, 3.63) is 0 Å². The second-order valence-electron chi connectivity index (χ2n) is 3.39. The maximum absolute atomic E-state index is 3.41. The van der Waals surface area contributed by atoms with E-state index in [0.29, 0.717) is 0 Å². The fourth-order valence-electron chi connectivity index (χ4n) is 2.06. The van der Waals surface area contributed by atoms with E-state index in [-0.39, 0.29) is 24.8 Å².